The number of hydrogen-bond acceptors (Lipinski definition) is 7. The van der Waals surface area contributed by atoms with E-state index in [4.69, 9.17) is 21.1 Å². The van der Waals surface area contributed by atoms with Crippen LogP contribution in [0.15, 0.2) is 12.1 Å². The topological polar surface area (TPSA) is 105 Å². The zero-order valence-electron chi connectivity index (χ0n) is 16.9. The van der Waals surface area contributed by atoms with E-state index >= 15 is 0 Å². The van der Waals surface area contributed by atoms with Gasteiger partial charge in [-0.05, 0) is 20.5 Å². The van der Waals surface area contributed by atoms with E-state index in [1.807, 2.05) is 19.0 Å². The van der Waals surface area contributed by atoms with Gasteiger partial charge in [-0.1, -0.05) is 11.6 Å². The molecule has 2 amide bonds. The molecule has 162 valence electrons. The number of carbonyl (C=O) groups excluding carboxylic acids is 2. The summed E-state index contributed by atoms with van der Waals surface area (Å²) in [5.41, 5.74) is 0.221. The van der Waals surface area contributed by atoms with Crippen LogP contribution in [-0.2, 0) is 19.4 Å². The second-order valence-electron chi connectivity index (χ2n) is 7.00. The fourth-order valence-electron chi connectivity index (χ4n) is 3.04. The Morgan fingerprint density at radius 2 is 1.83 bits per heavy atom. The zero-order chi connectivity index (χ0) is 21.8. The van der Waals surface area contributed by atoms with Crippen molar-refractivity contribution in [3.8, 4) is 11.5 Å². The van der Waals surface area contributed by atoms with Crippen LogP contribution in [-0.4, -0.2) is 89.0 Å². The monoisotopic (exact) mass is 447 g/mol. The third-order valence-corrected chi connectivity index (χ3v) is 6.66. The number of rotatable bonds is 7. The molecule has 0 spiro atoms. The molecule has 29 heavy (non-hydrogen) atoms. The van der Waals surface area contributed by atoms with E-state index in [0.29, 0.717) is 18.7 Å². The number of halogens is 1. The number of nitrogens with one attached hydrogen (secondary N) is 1. The van der Waals surface area contributed by atoms with Gasteiger partial charge in [0.15, 0.2) is 9.84 Å². The molecule has 1 fully saturated rings. The fourth-order valence-corrected chi connectivity index (χ4v) is 5.00. The molecular formula is C18H26ClN3O6S. The van der Waals surface area contributed by atoms with Crippen LogP contribution in [0.1, 0.15) is 6.42 Å². The van der Waals surface area contributed by atoms with E-state index in [1.54, 1.807) is 0 Å². The maximum absolute atomic E-state index is 12.9. The smallest absolute Gasteiger partial charge is 0.314 e. The Kier molecular flexibility index (Phi) is 7.73. The predicted octanol–water partition coefficient (Wildman–Crippen LogP) is 0.873. The molecule has 0 aliphatic carbocycles. The average molecular weight is 448 g/mol. The Hall–Kier alpha value is -2.04. The highest BCUT2D eigenvalue weighted by Gasteiger charge is 2.36. The first-order chi connectivity index (χ1) is 13.6. The molecule has 1 aromatic rings. The van der Waals surface area contributed by atoms with Crippen LogP contribution in [0, 0.1) is 0 Å². The Bertz CT molecular complexity index is 875. The quantitative estimate of drug-likeness (QED) is 0.618. The SMILES string of the molecule is COc1cc(NC(=O)C(=O)N(CCN(C)C)C2CCS(=O)(=O)C2)c(OC)cc1Cl. The van der Waals surface area contributed by atoms with E-state index in [-0.39, 0.29) is 34.5 Å². The Morgan fingerprint density at radius 3 is 2.34 bits per heavy atom. The number of anilines is 1. The van der Waals surface area contributed by atoms with Gasteiger partial charge in [0.25, 0.3) is 0 Å². The molecule has 0 bridgehead atoms. The summed E-state index contributed by atoms with van der Waals surface area (Å²) in [6, 6.07) is 2.39. The average Bonchev–Trinajstić information content (AvgIpc) is 3.01. The first kappa shape index (κ1) is 23.2. The zero-order valence-corrected chi connectivity index (χ0v) is 18.5. The third kappa shape index (κ3) is 5.97. The first-order valence-electron chi connectivity index (χ1n) is 8.96. The van der Waals surface area contributed by atoms with Crippen LogP contribution in [0.3, 0.4) is 0 Å². The number of nitrogens with zero attached hydrogens (tertiary/aromatic N) is 2. The van der Waals surface area contributed by atoms with Crippen LogP contribution < -0.4 is 14.8 Å². The van der Waals surface area contributed by atoms with Gasteiger partial charge in [-0.25, -0.2) is 8.42 Å². The lowest BCUT2D eigenvalue weighted by molar-refractivity contribution is -0.144. The van der Waals surface area contributed by atoms with Crippen molar-refractivity contribution in [1.29, 1.82) is 0 Å². The molecule has 1 aliphatic rings. The van der Waals surface area contributed by atoms with Gasteiger partial charge < -0.3 is 24.6 Å². The Morgan fingerprint density at radius 1 is 1.17 bits per heavy atom. The van der Waals surface area contributed by atoms with Gasteiger partial charge >= 0.3 is 11.8 Å². The van der Waals surface area contributed by atoms with Crippen LogP contribution in [0.4, 0.5) is 5.69 Å². The van der Waals surface area contributed by atoms with Gasteiger partial charge in [-0.2, -0.15) is 0 Å². The molecule has 1 heterocycles. The maximum Gasteiger partial charge on any atom is 0.314 e. The lowest BCUT2D eigenvalue weighted by atomic mass is 10.2. The Labute approximate surface area is 175 Å². The lowest BCUT2D eigenvalue weighted by Crippen LogP contribution is -2.48. The van der Waals surface area contributed by atoms with E-state index in [1.165, 1.54) is 31.3 Å². The van der Waals surface area contributed by atoms with Crippen LogP contribution in [0.5, 0.6) is 11.5 Å². The Balaban J connectivity index is 2.23. The van der Waals surface area contributed by atoms with Gasteiger partial charge in [-0.15, -0.1) is 0 Å². The summed E-state index contributed by atoms with van der Waals surface area (Å²) in [6.07, 6.45) is 0.312. The van der Waals surface area contributed by atoms with E-state index in [2.05, 4.69) is 5.32 Å². The minimum atomic E-state index is -3.21. The number of amides is 2. The minimum absolute atomic E-state index is 0.00718. The maximum atomic E-state index is 12.9. The molecule has 11 heteroatoms. The number of benzene rings is 1. The molecule has 0 saturated carbocycles. The third-order valence-electron chi connectivity index (χ3n) is 4.61. The van der Waals surface area contributed by atoms with Crippen molar-refractivity contribution >= 4 is 38.9 Å². The van der Waals surface area contributed by atoms with E-state index in [0.717, 1.165) is 0 Å². The summed E-state index contributed by atoms with van der Waals surface area (Å²) < 4.78 is 34.1. The van der Waals surface area contributed by atoms with Gasteiger partial charge in [0, 0.05) is 31.3 Å². The summed E-state index contributed by atoms with van der Waals surface area (Å²) in [4.78, 5) is 28.7. The lowest BCUT2D eigenvalue weighted by Gasteiger charge is -2.29. The van der Waals surface area contributed by atoms with Crippen molar-refractivity contribution in [3.05, 3.63) is 17.2 Å². The molecule has 1 atom stereocenters. The molecule has 1 aromatic carbocycles. The number of hydrogen-bond donors (Lipinski definition) is 1. The largest absolute Gasteiger partial charge is 0.495 e. The first-order valence-corrected chi connectivity index (χ1v) is 11.2. The van der Waals surface area contributed by atoms with Crippen molar-refractivity contribution in [2.45, 2.75) is 12.5 Å². The molecule has 1 aliphatic heterocycles. The summed E-state index contributed by atoms with van der Waals surface area (Å²) in [5.74, 6) is -1.26. The highest BCUT2D eigenvalue weighted by atomic mass is 35.5. The highest BCUT2D eigenvalue weighted by Crippen LogP contribution is 2.35. The normalized spacial score (nSPS) is 17.8. The van der Waals surface area contributed by atoms with E-state index < -0.39 is 27.7 Å². The highest BCUT2D eigenvalue weighted by molar-refractivity contribution is 7.91. The molecule has 1 unspecified atom stereocenters. The number of methoxy groups -OCH3 is 2. The second kappa shape index (κ2) is 9.64. The molecule has 9 nitrogen and oxygen atoms in total. The fraction of sp³-hybridized carbons (Fsp3) is 0.556. The van der Waals surface area contributed by atoms with Crippen molar-refractivity contribution < 1.29 is 27.5 Å². The van der Waals surface area contributed by atoms with Gasteiger partial charge in [0.1, 0.15) is 11.5 Å². The van der Waals surface area contributed by atoms with Crippen molar-refractivity contribution in [1.82, 2.24) is 9.80 Å². The van der Waals surface area contributed by atoms with Crippen LogP contribution in [0.25, 0.3) is 0 Å². The van der Waals surface area contributed by atoms with Crippen LogP contribution >= 0.6 is 11.6 Å². The molecule has 0 radical (unpaired) electrons. The van der Waals surface area contributed by atoms with Crippen molar-refractivity contribution in [2.24, 2.45) is 0 Å². The number of carbonyl (C=O) groups is 2. The molecular weight excluding hydrogens is 422 g/mol. The number of ether oxygens (including phenoxy) is 2. The van der Waals surface area contributed by atoms with Gasteiger partial charge in [0.2, 0.25) is 0 Å². The standard InChI is InChI=1S/C18H26ClN3O6S/c1-21(2)6-7-22(12-5-8-29(25,26)11-12)18(24)17(23)20-14-10-15(27-3)13(19)9-16(14)28-4/h9-10,12H,5-8,11H2,1-4H3,(H,20,23). The summed E-state index contributed by atoms with van der Waals surface area (Å²) in [5, 5.41) is 2.81. The number of likely N-dealkylation sites (N-methyl/N-ethyl adjacent to an activating group) is 1. The molecule has 0 aromatic heterocycles. The van der Waals surface area contributed by atoms with Crippen molar-refractivity contribution in [3.63, 3.8) is 0 Å². The van der Waals surface area contributed by atoms with Gasteiger partial charge in [-0.3, -0.25) is 9.59 Å². The van der Waals surface area contributed by atoms with Crippen LogP contribution in [0.2, 0.25) is 5.02 Å². The van der Waals surface area contributed by atoms with Gasteiger partial charge in [0.05, 0.1) is 36.4 Å². The minimum Gasteiger partial charge on any atom is -0.495 e. The predicted molar refractivity (Wildman–Crippen MR) is 111 cm³/mol. The summed E-state index contributed by atoms with van der Waals surface area (Å²) in [7, 11) is 3.28. The molecule has 2 rings (SSSR count). The molecule has 1 N–H and O–H groups in total. The number of sulfone groups is 1. The van der Waals surface area contributed by atoms with Crippen molar-refractivity contribution in [2.75, 3.05) is 58.2 Å². The van der Waals surface area contributed by atoms with E-state index in [9.17, 15) is 18.0 Å². The molecule has 1 saturated heterocycles. The summed E-state index contributed by atoms with van der Waals surface area (Å²) >= 11 is 6.06. The second-order valence-corrected chi connectivity index (χ2v) is 9.64. The summed E-state index contributed by atoms with van der Waals surface area (Å²) in [6.45, 7) is 0.730.